The van der Waals surface area contributed by atoms with Gasteiger partial charge in [-0.1, -0.05) is 12.2 Å². The van der Waals surface area contributed by atoms with Crippen molar-refractivity contribution in [1.82, 2.24) is 0 Å². The zero-order valence-corrected chi connectivity index (χ0v) is 7.12. The van der Waals surface area contributed by atoms with Crippen LogP contribution in [0.15, 0.2) is 12.2 Å². The summed E-state index contributed by atoms with van der Waals surface area (Å²) in [7, 11) is 0. The molecular formula is C10H14O2. The molecule has 0 aromatic rings. The Labute approximate surface area is 72.3 Å². The van der Waals surface area contributed by atoms with Crippen molar-refractivity contribution in [3.63, 3.8) is 0 Å². The van der Waals surface area contributed by atoms with Crippen LogP contribution in [0.4, 0.5) is 0 Å². The number of rotatable bonds is 1. The number of aliphatic carboxylic acids is 1. The van der Waals surface area contributed by atoms with Gasteiger partial charge in [-0.25, -0.2) is 0 Å². The first kappa shape index (κ1) is 7.84. The van der Waals surface area contributed by atoms with Crippen LogP contribution in [0.1, 0.15) is 32.1 Å². The molecule has 0 radical (unpaired) electrons. The number of carboxylic acids is 1. The molecular weight excluding hydrogens is 152 g/mol. The topological polar surface area (TPSA) is 37.3 Å². The molecule has 0 aromatic carbocycles. The van der Waals surface area contributed by atoms with E-state index in [1.807, 2.05) is 0 Å². The van der Waals surface area contributed by atoms with E-state index in [2.05, 4.69) is 12.2 Å². The van der Waals surface area contributed by atoms with Crippen LogP contribution in [0.25, 0.3) is 0 Å². The Morgan fingerprint density at radius 2 is 2.17 bits per heavy atom. The van der Waals surface area contributed by atoms with E-state index in [0.717, 1.165) is 32.1 Å². The molecule has 0 bridgehead atoms. The molecule has 0 saturated heterocycles. The molecule has 2 nitrogen and oxygen atoms in total. The van der Waals surface area contributed by atoms with Crippen molar-refractivity contribution < 1.29 is 9.90 Å². The van der Waals surface area contributed by atoms with Crippen LogP contribution >= 0.6 is 0 Å². The summed E-state index contributed by atoms with van der Waals surface area (Å²) in [5.74, 6) is -0.0947. The highest BCUT2D eigenvalue weighted by atomic mass is 16.4. The highest BCUT2D eigenvalue weighted by molar-refractivity contribution is 5.78. The molecule has 2 aliphatic rings. The van der Waals surface area contributed by atoms with Crippen molar-refractivity contribution in [2.24, 2.45) is 11.3 Å². The fourth-order valence-electron chi connectivity index (χ4n) is 2.31. The summed E-state index contributed by atoms with van der Waals surface area (Å²) in [6.45, 7) is 0. The van der Waals surface area contributed by atoms with Crippen molar-refractivity contribution in [1.29, 1.82) is 0 Å². The molecule has 2 atom stereocenters. The minimum Gasteiger partial charge on any atom is -0.481 e. The molecule has 66 valence electrons. The average molecular weight is 166 g/mol. The van der Waals surface area contributed by atoms with Gasteiger partial charge in [0.2, 0.25) is 0 Å². The lowest BCUT2D eigenvalue weighted by molar-refractivity contribution is -0.144. The van der Waals surface area contributed by atoms with Crippen LogP contribution in [0.2, 0.25) is 0 Å². The molecule has 0 heterocycles. The Balaban J connectivity index is 2.10. The quantitative estimate of drug-likeness (QED) is 0.606. The molecule has 1 saturated carbocycles. The summed E-state index contributed by atoms with van der Waals surface area (Å²) in [5, 5.41) is 9.03. The summed E-state index contributed by atoms with van der Waals surface area (Å²) in [6, 6.07) is 0. The number of hydrogen-bond donors (Lipinski definition) is 1. The first-order valence-corrected chi connectivity index (χ1v) is 4.64. The van der Waals surface area contributed by atoms with Gasteiger partial charge in [0.05, 0.1) is 5.41 Å². The number of carboxylic acid groups (broad SMARTS) is 1. The molecule has 0 aromatic heterocycles. The van der Waals surface area contributed by atoms with Crippen LogP contribution in [0.3, 0.4) is 0 Å². The lowest BCUT2D eigenvalue weighted by Crippen LogP contribution is -2.17. The summed E-state index contributed by atoms with van der Waals surface area (Å²) >= 11 is 0. The van der Waals surface area contributed by atoms with Gasteiger partial charge < -0.3 is 5.11 Å². The van der Waals surface area contributed by atoms with Crippen LogP contribution in [-0.2, 0) is 4.79 Å². The second-order valence-electron chi connectivity index (χ2n) is 3.95. The van der Waals surface area contributed by atoms with Gasteiger partial charge >= 0.3 is 5.97 Å². The Morgan fingerprint density at radius 3 is 2.92 bits per heavy atom. The maximum Gasteiger partial charge on any atom is 0.309 e. The lowest BCUT2D eigenvalue weighted by atomic mass is 9.93. The highest BCUT2D eigenvalue weighted by Crippen LogP contribution is 2.58. The van der Waals surface area contributed by atoms with Crippen LogP contribution in [0, 0.1) is 11.3 Å². The van der Waals surface area contributed by atoms with Crippen molar-refractivity contribution in [2.45, 2.75) is 32.1 Å². The maximum atomic E-state index is 11.0. The Hall–Kier alpha value is -0.790. The molecule has 1 fully saturated rings. The Kier molecular flexibility index (Phi) is 1.71. The van der Waals surface area contributed by atoms with Crippen LogP contribution in [0.5, 0.6) is 0 Å². The standard InChI is InChI=1S/C10H14O2/c11-9(12)10-6-4-2-1-3-5-8(10)7-10/h1-2,8H,3-7H2,(H,11,12)/b2-1-. The Bertz CT molecular complexity index is 232. The van der Waals surface area contributed by atoms with Crippen molar-refractivity contribution in [3.05, 3.63) is 12.2 Å². The van der Waals surface area contributed by atoms with Gasteiger partial charge in [0.25, 0.3) is 0 Å². The molecule has 2 heteroatoms. The SMILES string of the molecule is O=C(O)C12CC/C=C\CCC1C2. The highest BCUT2D eigenvalue weighted by Gasteiger charge is 2.58. The molecule has 0 amide bonds. The van der Waals surface area contributed by atoms with Crippen LogP contribution in [-0.4, -0.2) is 11.1 Å². The first-order chi connectivity index (χ1) is 5.76. The molecule has 2 rings (SSSR count). The summed E-state index contributed by atoms with van der Waals surface area (Å²) in [4.78, 5) is 11.0. The maximum absolute atomic E-state index is 11.0. The zero-order valence-electron chi connectivity index (χ0n) is 7.12. The molecule has 2 unspecified atom stereocenters. The van der Waals surface area contributed by atoms with Gasteiger partial charge in [0, 0.05) is 0 Å². The predicted octanol–water partition coefficient (Wildman–Crippen LogP) is 2.21. The van der Waals surface area contributed by atoms with E-state index < -0.39 is 5.97 Å². The van der Waals surface area contributed by atoms with E-state index in [9.17, 15) is 4.79 Å². The average Bonchev–Trinajstić information content (AvgIpc) is 2.63. The molecule has 12 heavy (non-hydrogen) atoms. The predicted molar refractivity (Wildman–Crippen MR) is 45.8 cm³/mol. The number of hydrogen-bond acceptors (Lipinski definition) is 1. The van der Waals surface area contributed by atoms with E-state index in [1.54, 1.807) is 0 Å². The van der Waals surface area contributed by atoms with Gasteiger partial charge in [-0.05, 0) is 38.0 Å². The second-order valence-corrected chi connectivity index (χ2v) is 3.95. The van der Waals surface area contributed by atoms with Gasteiger partial charge in [-0.2, -0.15) is 0 Å². The van der Waals surface area contributed by atoms with Gasteiger partial charge in [0.15, 0.2) is 0 Å². The molecule has 0 spiro atoms. The fourth-order valence-corrected chi connectivity index (χ4v) is 2.31. The van der Waals surface area contributed by atoms with Crippen molar-refractivity contribution in [3.8, 4) is 0 Å². The Morgan fingerprint density at radius 1 is 1.42 bits per heavy atom. The lowest BCUT2D eigenvalue weighted by Gasteiger charge is -2.12. The summed E-state index contributed by atoms with van der Waals surface area (Å²) in [6.07, 6.45) is 9.17. The second kappa shape index (κ2) is 2.61. The third-order valence-corrected chi connectivity index (χ3v) is 3.26. The third kappa shape index (κ3) is 1.06. The van der Waals surface area contributed by atoms with Crippen molar-refractivity contribution >= 4 is 5.97 Å². The fraction of sp³-hybridized carbons (Fsp3) is 0.700. The van der Waals surface area contributed by atoms with E-state index in [0.29, 0.717) is 5.92 Å². The van der Waals surface area contributed by atoms with Crippen molar-refractivity contribution in [2.75, 3.05) is 0 Å². The smallest absolute Gasteiger partial charge is 0.309 e. The first-order valence-electron chi connectivity index (χ1n) is 4.64. The van der Waals surface area contributed by atoms with Gasteiger partial charge in [-0.15, -0.1) is 0 Å². The number of allylic oxidation sites excluding steroid dienone is 2. The number of carbonyl (C=O) groups is 1. The van der Waals surface area contributed by atoms with Gasteiger partial charge in [0.1, 0.15) is 0 Å². The third-order valence-electron chi connectivity index (χ3n) is 3.26. The monoisotopic (exact) mass is 166 g/mol. The summed E-state index contributed by atoms with van der Waals surface area (Å²) < 4.78 is 0. The van der Waals surface area contributed by atoms with E-state index >= 15 is 0 Å². The summed E-state index contributed by atoms with van der Waals surface area (Å²) in [5.41, 5.74) is -0.315. The van der Waals surface area contributed by atoms with E-state index in [1.165, 1.54) is 0 Å². The molecule has 2 aliphatic carbocycles. The van der Waals surface area contributed by atoms with Gasteiger partial charge in [-0.3, -0.25) is 4.79 Å². The van der Waals surface area contributed by atoms with Crippen LogP contribution < -0.4 is 0 Å². The van der Waals surface area contributed by atoms with E-state index in [-0.39, 0.29) is 5.41 Å². The molecule has 1 N–H and O–H groups in total. The zero-order chi connectivity index (χ0) is 8.60. The van der Waals surface area contributed by atoms with E-state index in [4.69, 9.17) is 5.11 Å². The largest absolute Gasteiger partial charge is 0.481 e. The normalized spacial score (nSPS) is 42.2. The molecule has 0 aliphatic heterocycles. The minimum atomic E-state index is -0.567. The minimum absolute atomic E-state index is 0.315. The number of fused-ring (bicyclic) bond motifs is 1.